The van der Waals surface area contributed by atoms with E-state index in [1.54, 1.807) is 23.2 Å². The van der Waals surface area contributed by atoms with Crippen LogP contribution >= 0.6 is 0 Å². The van der Waals surface area contributed by atoms with Crippen LogP contribution in [0.5, 0.6) is 0 Å². The largest absolute Gasteiger partial charge is 0.382 e. The van der Waals surface area contributed by atoms with Crippen molar-refractivity contribution in [1.82, 2.24) is 14.5 Å². The zero-order chi connectivity index (χ0) is 16.9. The van der Waals surface area contributed by atoms with Gasteiger partial charge in [0.1, 0.15) is 5.82 Å². The maximum absolute atomic E-state index is 12.3. The monoisotopic (exact) mass is 321 g/mol. The van der Waals surface area contributed by atoms with Crippen molar-refractivity contribution < 1.29 is 4.79 Å². The fraction of sp³-hybridized carbons (Fsp3) is 0.167. The number of benzene rings is 1. The highest BCUT2D eigenvalue weighted by atomic mass is 16.1. The van der Waals surface area contributed by atoms with Gasteiger partial charge in [-0.05, 0) is 23.3 Å². The fourth-order valence-electron chi connectivity index (χ4n) is 2.51. The van der Waals surface area contributed by atoms with Crippen LogP contribution in [0.15, 0.2) is 55.0 Å². The van der Waals surface area contributed by atoms with Crippen molar-refractivity contribution in [2.24, 2.45) is 7.05 Å². The SMILES string of the molecule is Cn1ccnc1C(=O)Cc1cccc(CNc2cccnc2N)c1. The summed E-state index contributed by atoms with van der Waals surface area (Å²) in [4.78, 5) is 20.5. The molecule has 0 aliphatic carbocycles. The number of rotatable bonds is 6. The molecular weight excluding hydrogens is 302 g/mol. The third-order valence-electron chi connectivity index (χ3n) is 3.75. The van der Waals surface area contributed by atoms with E-state index >= 15 is 0 Å². The number of nitrogen functional groups attached to an aromatic ring is 1. The third-order valence-corrected chi connectivity index (χ3v) is 3.75. The first-order valence-electron chi connectivity index (χ1n) is 7.66. The lowest BCUT2D eigenvalue weighted by molar-refractivity contribution is 0.0980. The molecule has 0 fully saturated rings. The second-order valence-corrected chi connectivity index (χ2v) is 5.57. The van der Waals surface area contributed by atoms with Crippen LogP contribution in [-0.2, 0) is 20.0 Å². The molecule has 6 nitrogen and oxygen atoms in total. The molecule has 0 saturated heterocycles. The highest BCUT2D eigenvalue weighted by Crippen LogP contribution is 2.16. The van der Waals surface area contributed by atoms with Gasteiger partial charge in [0.05, 0.1) is 5.69 Å². The average molecular weight is 321 g/mol. The molecule has 6 heteroatoms. The molecule has 24 heavy (non-hydrogen) atoms. The summed E-state index contributed by atoms with van der Waals surface area (Å²) in [6, 6.07) is 11.6. The smallest absolute Gasteiger partial charge is 0.202 e. The van der Waals surface area contributed by atoms with Gasteiger partial charge in [0.25, 0.3) is 0 Å². The Labute approximate surface area is 140 Å². The molecule has 0 aliphatic heterocycles. The first kappa shape index (κ1) is 15.7. The standard InChI is InChI=1S/C18H19N5O/c1-23-9-8-21-18(23)16(24)11-13-4-2-5-14(10-13)12-22-15-6-3-7-20-17(15)19/h2-10,22H,11-12H2,1H3,(H2,19,20). The zero-order valence-electron chi connectivity index (χ0n) is 13.4. The van der Waals surface area contributed by atoms with Gasteiger partial charge in [-0.15, -0.1) is 0 Å². The Morgan fingerprint density at radius 3 is 2.75 bits per heavy atom. The number of anilines is 2. The minimum absolute atomic E-state index is 0.00381. The molecule has 3 aromatic rings. The average Bonchev–Trinajstić information content (AvgIpc) is 3.01. The van der Waals surface area contributed by atoms with Gasteiger partial charge in [-0.1, -0.05) is 24.3 Å². The highest BCUT2D eigenvalue weighted by molar-refractivity contribution is 5.94. The summed E-state index contributed by atoms with van der Waals surface area (Å²) in [5.74, 6) is 0.949. The van der Waals surface area contributed by atoms with Crippen molar-refractivity contribution in [2.75, 3.05) is 11.1 Å². The normalized spacial score (nSPS) is 10.5. The third kappa shape index (κ3) is 3.60. The van der Waals surface area contributed by atoms with E-state index in [4.69, 9.17) is 5.73 Å². The summed E-state index contributed by atoms with van der Waals surface area (Å²) in [6.07, 6.45) is 5.38. The molecule has 3 N–H and O–H groups in total. The van der Waals surface area contributed by atoms with E-state index in [1.165, 1.54) is 0 Å². The molecule has 0 atom stereocenters. The number of imidazole rings is 1. The van der Waals surface area contributed by atoms with Crippen LogP contribution in [-0.4, -0.2) is 20.3 Å². The molecule has 3 rings (SSSR count). The maximum Gasteiger partial charge on any atom is 0.202 e. The Morgan fingerprint density at radius 2 is 2.00 bits per heavy atom. The van der Waals surface area contributed by atoms with Gasteiger partial charge in [0, 0.05) is 38.6 Å². The lowest BCUT2D eigenvalue weighted by Gasteiger charge is -2.09. The Hall–Kier alpha value is -3.15. The Balaban J connectivity index is 1.67. The van der Waals surface area contributed by atoms with Crippen LogP contribution in [0.1, 0.15) is 21.7 Å². The number of ketones is 1. The molecule has 2 heterocycles. The van der Waals surface area contributed by atoms with E-state index in [0.717, 1.165) is 16.8 Å². The molecule has 0 unspecified atom stereocenters. The second-order valence-electron chi connectivity index (χ2n) is 5.57. The Kier molecular flexibility index (Phi) is 4.56. The fourth-order valence-corrected chi connectivity index (χ4v) is 2.51. The number of aryl methyl sites for hydroxylation is 1. The van der Waals surface area contributed by atoms with Gasteiger partial charge in [-0.3, -0.25) is 4.79 Å². The van der Waals surface area contributed by atoms with Gasteiger partial charge in [-0.2, -0.15) is 0 Å². The number of carbonyl (C=O) groups excluding carboxylic acids is 1. The van der Waals surface area contributed by atoms with Crippen molar-refractivity contribution in [3.8, 4) is 0 Å². The van der Waals surface area contributed by atoms with Gasteiger partial charge < -0.3 is 15.6 Å². The van der Waals surface area contributed by atoms with E-state index in [2.05, 4.69) is 15.3 Å². The van der Waals surface area contributed by atoms with Gasteiger partial charge in [0.15, 0.2) is 5.82 Å². The van der Waals surface area contributed by atoms with Crippen molar-refractivity contribution >= 4 is 17.3 Å². The summed E-state index contributed by atoms with van der Waals surface area (Å²) < 4.78 is 1.74. The van der Waals surface area contributed by atoms with E-state index in [0.29, 0.717) is 24.6 Å². The lowest BCUT2D eigenvalue weighted by Crippen LogP contribution is -2.10. The molecule has 2 aromatic heterocycles. The maximum atomic E-state index is 12.3. The number of nitrogens with one attached hydrogen (secondary N) is 1. The summed E-state index contributed by atoms with van der Waals surface area (Å²) in [5, 5.41) is 3.26. The first-order chi connectivity index (χ1) is 11.6. The summed E-state index contributed by atoms with van der Waals surface area (Å²) >= 11 is 0. The van der Waals surface area contributed by atoms with Crippen LogP contribution in [0.2, 0.25) is 0 Å². The van der Waals surface area contributed by atoms with Crippen LogP contribution in [0, 0.1) is 0 Å². The van der Waals surface area contributed by atoms with Crippen LogP contribution in [0.25, 0.3) is 0 Å². The summed E-state index contributed by atoms with van der Waals surface area (Å²) in [5.41, 5.74) is 8.65. The highest BCUT2D eigenvalue weighted by Gasteiger charge is 2.12. The minimum atomic E-state index is 0.00381. The molecule has 0 spiro atoms. The predicted molar refractivity (Wildman–Crippen MR) is 93.7 cm³/mol. The number of nitrogens with zero attached hydrogens (tertiary/aromatic N) is 3. The predicted octanol–water partition coefficient (Wildman–Crippen LogP) is 2.43. The van der Waals surface area contributed by atoms with Crippen molar-refractivity contribution in [1.29, 1.82) is 0 Å². The van der Waals surface area contributed by atoms with E-state index in [-0.39, 0.29) is 5.78 Å². The van der Waals surface area contributed by atoms with Gasteiger partial charge >= 0.3 is 0 Å². The molecule has 122 valence electrons. The number of carbonyl (C=O) groups is 1. The Bertz CT molecular complexity index is 856. The second kappa shape index (κ2) is 6.95. The van der Waals surface area contributed by atoms with E-state index in [9.17, 15) is 4.79 Å². The van der Waals surface area contributed by atoms with E-state index < -0.39 is 0 Å². The van der Waals surface area contributed by atoms with Gasteiger partial charge in [0.2, 0.25) is 5.78 Å². The van der Waals surface area contributed by atoms with Crippen LogP contribution in [0.3, 0.4) is 0 Å². The Morgan fingerprint density at radius 1 is 1.17 bits per heavy atom. The zero-order valence-corrected chi connectivity index (χ0v) is 13.4. The summed E-state index contributed by atoms with van der Waals surface area (Å²) in [6.45, 7) is 0.611. The van der Waals surface area contributed by atoms with Crippen molar-refractivity contribution in [2.45, 2.75) is 13.0 Å². The lowest BCUT2D eigenvalue weighted by atomic mass is 10.1. The van der Waals surface area contributed by atoms with Crippen molar-refractivity contribution in [3.63, 3.8) is 0 Å². The molecule has 0 amide bonds. The number of hydrogen-bond acceptors (Lipinski definition) is 5. The molecule has 0 bridgehead atoms. The topological polar surface area (TPSA) is 85.8 Å². The molecular formula is C18H19N5O. The van der Waals surface area contributed by atoms with Crippen molar-refractivity contribution in [3.05, 3.63) is 71.9 Å². The number of nitrogens with two attached hydrogens (primary N) is 1. The number of aromatic nitrogens is 3. The van der Waals surface area contributed by atoms with Crippen LogP contribution < -0.4 is 11.1 Å². The quantitative estimate of drug-likeness (QED) is 0.681. The molecule has 0 saturated carbocycles. The molecule has 1 aromatic carbocycles. The van der Waals surface area contributed by atoms with Gasteiger partial charge in [-0.25, -0.2) is 9.97 Å². The number of hydrogen-bond donors (Lipinski definition) is 2. The molecule has 0 aliphatic rings. The first-order valence-corrected chi connectivity index (χ1v) is 7.66. The molecule has 0 radical (unpaired) electrons. The minimum Gasteiger partial charge on any atom is -0.382 e. The van der Waals surface area contributed by atoms with Crippen LogP contribution in [0.4, 0.5) is 11.5 Å². The van der Waals surface area contributed by atoms with E-state index in [1.807, 2.05) is 43.4 Å². The summed E-state index contributed by atoms with van der Waals surface area (Å²) in [7, 11) is 1.82. The number of pyridine rings is 1. The number of Topliss-reactive ketones (excluding diaryl/α,β-unsaturated/α-hetero) is 1.